The summed E-state index contributed by atoms with van der Waals surface area (Å²) in [5.41, 5.74) is 0. The van der Waals surface area contributed by atoms with E-state index in [0.29, 0.717) is 24.6 Å². The Morgan fingerprint density at radius 1 is 1.55 bits per heavy atom. The number of hydrogen-bond acceptors (Lipinski definition) is 3. The summed E-state index contributed by atoms with van der Waals surface area (Å²) in [6.45, 7) is 2.59. The Kier molecular flexibility index (Phi) is 3.21. The molecule has 5 heteroatoms. The highest BCUT2D eigenvalue weighted by molar-refractivity contribution is 8.00. The van der Waals surface area contributed by atoms with Crippen molar-refractivity contribution in [1.29, 1.82) is 0 Å². The first kappa shape index (κ1) is 9.35. The molecule has 0 aromatic rings. The molecule has 1 saturated heterocycles. The number of rotatable bonds is 3. The van der Waals surface area contributed by atoms with Crippen molar-refractivity contribution in [3.05, 3.63) is 0 Å². The molecule has 1 heterocycles. The molecule has 0 aromatic carbocycles. The lowest BCUT2D eigenvalue weighted by Crippen LogP contribution is -2.29. The van der Waals surface area contributed by atoms with Crippen LogP contribution in [-0.2, 0) is 10.0 Å². The van der Waals surface area contributed by atoms with Gasteiger partial charge in [0.2, 0.25) is 10.0 Å². The van der Waals surface area contributed by atoms with E-state index < -0.39 is 10.0 Å². The van der Waals surface area contributed by atoms with E-state index in [1.807, 2.05) is 6.92 Å². The fraction of sp³-hybridized carbons (Fsp3) is 1.00. The van der Waals surface area contributed by atoms with E-state index in [9.17, 15) is 8.42 Å². The third-order valence-corrected chi connectivity index (χ3v) is 4.73. The molecule has 0 aromatic heterocycles. The highest BCUT2D eigenvalue weighted by Gasteiger charge is 2.24. The Morgan fingerprint density at radius 2 is 2.27 bits per heavy atom. The van der Waals surface area contributed by atoms with Crippen molar-refractivity contribution in [1.82, 2.24) is 4.31 Å². The van der Waals surface area contributed by atoms with Crippen LogP contribution in [0.3, 0.4) is 0 Å². The van der Waals surface area contributed by atoms with Gasteiger partial charge in [0, 0.05) is 12.3 Å². The maximum absolute atomic E-state index is 11.3. The van der Waals surface area contributed by atoms with Gasteiger partial charge in [0.1, 0.15) is 0 Å². The zero-order valence-corrected chi connectivity index (χ0v) is 8.25. The van der Waals surface area contributed by atoms with Crippen molar-refractivity contribution in [3.63, 3.8) is 0 Å². The SMILES string of the molecule is CCCS(=O)(=O)N1CCSC1. The van der Waals surface area contributed by atoms with Gasteiger partial charge in [0.25, 0.3) is 0 Å². The molecule has 0 radical (unpaired) electrons. The van der Waals surface area contributed by atoms with E-state index in [4.69, 9.17) is 0 Å². The average Bonchev–Trinajstić information content (AvgIpc) is 2.37. The Labute approximate surface area is 72.2 Å². The fourth-order valence-electron chi connectivity index (χ4n) is 1.00. The molecule has 11 heavy (non-hydrogen) atoms. The van der Waals surface area contributed by atoms with Crippen LogP contribution in [0.5, 0.6) is 0 Å². The van der Waals surface area contributed by atoms with Gasteiger partial charge < -0.3 is 0 Å². The third-order valence-electron chi connectivity index (χ3n) is 1.58. The molecule has 0 bridgehead atoms. The van der Waals surface area contributed by atoms with Crippen molar-refractivity contribution < 1.29 is 8.42 Å². The van der Waals surface area contributed by atoms with Crippen LogP contribution in [0.25, 0.3) is 0 Å². The standard InChI is InChI=1S/C6H13NO2S2/c1-2-5-11(8,9)7-3-4-10-6-7/h2-6H2,1H3. The smallest absolute Gasteiger partial charge is 0.212 e. The number of sulfonamides is 1. The number of nitrogens with zero attached hydrogens (tertiary/aromatic N) is 1. The second-order valence-corrected chi connectivity index (χ2v) is 5.69. The molecular formula is C6H13NO2S2. The lowest BCUT2D eigenvalue weighted by Gasteiger charge is -2.12. The topological polar surface area (TPSA) is 37.4 Å². The summed E-state index contributed by atoms with van der Waals surface area (Å²) < 4.78 is 24.3. The van der Waals surface area contributed by atoms with Crippen molar-refractivity contribution in [2.75, 3.05) is 23.9 Å². The first-order valence-corrected chi connectivity index (χ1v) is 6.49. The molecule has 1 rings (SSSR count). The third kappa shape index (κ3) is 2.35. The van der Waals surface area contributed by atoms with E-state index in [2.05, 4.69) is 0 Å². The maximum Gasteiger partial charge on any atom is 0.214 e. The van der Waals surface area contributed by atoms with Crippen molar-refractivity contribution in [2.45, 2.75) is 13.3 Å². The Bertz CT molecular complexity index is 207. The van der Waals surface area contributed by atoms with E-state index in [1.54, 1.807) is 16.1 Å². The Morgan fingerprint density at radius 3 is 2.73 bits per heavy atom. The van der Waals surface area contributed by atoms with Gasteiger partial charge in [-0.3, -0.25) is 0 Å². The van der Waals surface area contributed by atoms with Crippen LogP contribution in [0.15, 0.2) is 0 Å². The molecule has 0 N–H and O–H groups in total. The van der Waals surface area contributed by atoms with Crippen LogP contribution in [0.1, 0.15) is 13.3 Å². The van der Waals surface area contributed by atoms with Gasteiger partial charge in [-0.25, -0.2) is 8.42 Å². The molecule has 1 fully saturated rings. The summed E-state index contributed by atoms with van der Waals surface area (Å²) in [4.78, 5) is 0. The second-order valence-electron chi connectivity index (χ2n) is 2.53. The molecule has 0 atom stereocenters. The van der Waals surface area contributed by atoms with Gasteiger partial charge in [-0.1, -0.05) is 6.92 Å². The predicted molar refractivity (Wildman–Crippen MR) is 48.1 cm³/mol. The molecule has 66 valence electrons. The van der Waals surface area contributed by atoms with E-state index >= 15 is 0 Å². The van der Waals surface area contributed by atoms with Crippen molar-refractivity contribution in [2.24, 2.45) is 0 Å². The predicted octanol–water partition coefficient (Wildman–Crippen LogP) is 0.733. The Balaban J connectivity index is 2.56. The van der Waals surface area contributed by atoms with Crippen LogP contribution in [-0.4, -0.2) is 36.7 Å². The summed E-state index contributed by atoms with van der Waals surface area (Å²) in [6.07, 6.45) is 0.712. The molecule has 0 amide bonds. The van der Waals surface area contributed by atoms with Crippen LogP contribution < -0.4 is 0 Å². The molecule has 0 unspecified atom stereocenters. The van der Waals surface area contributed by atoms with Gasteiger partial charge in [-0.2, -0.15) is 4.31 Å². The monoisotopic (exact) mass is 195 g/mol. The van der Waals surface area contributed by atoms with Crippen LogP contribution in [0.2, 0.25) is 0 Å². The Hall–Kier alpha value is 0.260. The molecule has 0 saturated carbocycles. The van der Waals surface area contributed by atoms with Crippen LogP contribution >= 0.6 is 11.8 Å². The average molecular weight is 195 g/mol. The van der Waals surface area contributed by atoms with E-state index in [1.165, 1.54) is 0 Å². The highest BCUT2D eigenvalue weighted by Crippen LogP contribution is 2.17. The normalized spacial score (nSPS) is 20.8. The maximum atomic E-state index is 11.3. The van der Waals surface area contributed by atoms with Crippen LogP contribution in [0.4, 0.5) is 0 Å². The quantitative estimate of drug-likeness (QED) is 0.666. The molecule has 0 spiro atoms. The van der Waals surface area contributed by atoms with Gasteiger partial charge in [0.05, 0.1) is 11.6 Å². The number of thioether (sulfide) groups is 1. The van der Waals surface area contributed by atoms with Crippen molar-refractivity contribution >= 4 is 21.8 Å². The van der Waals surface area contributed by atoms with Gasteiger partial charge in [-0.05, 0) is 6.42 Å². The van der Waals surface area contributed by atoms with Crippen molar-refractivity contribution in [3.8, 4) is 0 Å². The lowest BCUT2D eigenvalue weighted by molar-refractivity contribution is 0.489. The van der Waals surface area contributed by atoms with E-state index in [-0.39, 0.29) is 0 Å². The molecule has 3 nitrogen and oxygen atoms in total. The first-order chi connectivity index (χ1) is 5.17. The zero-order valence-electron chi connectivity index (χ0n) is 6.62. The first-order valence-electron chi connectivity index (χ1n) is 3.72. The van der Waals surface area contributed by atoms with Crippen LogP contribution in [0, 0.1) is 0 Å². The second kappa shape index (κ2) is 3.78. The highest BCUT2D eigenvalue weighted by atomic mass is 32.2. The van der Waals surface area contributed by atoms with Gasteiger partial charge in [-0.15, -0.1) is 11.8 Å². The minimum atomic E-state index is -2.90. The minimum absolute atomic E-state index is 0.299. The summed E-state index contributed by atoms with van der Waals surface area (Å²) >= 11 is 1.68. The minimum Gasteiger partial charge on any atom is -0.212 e. The summed E-state index contributed by atoms with van der Waals surface area (Å²) in [5, 5.41) is 0. The summed E-state index contributed by atoms with van der Waals surface area (Å²) in [6, 6.07) is 0. The molecule has 1 aliphatic heterocycles. The fourth-order valence-corrected chi connectivity index (χ4v) is 3.94. The molecule has 1 aliphatic rings. The van der Waals surface area contributed by atoms with Gasteiger partial charge in [0.15, 0.2) is 0 Å². The molecular weight excluding hydrogens is 182 g/mol. The zero-order chi connectivity index (χ0) is 8.32. The lowest BCUT2D eigenvalue weighted by atomic mass is 10.6. The van der Waals surface area contributed by atoms with Gasteiger partial charge >= 0.3 is 0 Å². The summed E-state index contributed by atoms with van der Waals surface area (Å²) in [5.74, 6) is 1.90. The largest absolute Gasteiger partial charge is 0.214 e. The number of hydrogen-bond donors (Lipinski definition) is 0. The molecule has 0 aliphatic carbocycles. The summed E-state index contributed by atoms with van der Waals surface area (Å²) in [7, 11) is -2.90. The van der Waals surface area contributed by atoms with E-state index in [0.717, 1.165) is 5.75 Å².